The number of aliphatic carboxylic acids is 1. The third-order valence-electron chi connectivity index (χ3n) is 5.80. The summed E-state index contributed by atoms with van der Waals surface area (Å²) in [5, 5.41) is 17.6. The van der Waals surface area contributed by atoms with E-state index in [0.29, 0.717) is 30.5 Å². The molecule has 2 aromatic rings. The summed E-state index contributed by atoms with van der Waals surface area (Å²) in [5.74, 6) is 0.203. The molecule has 2 saturated carbocycles. The number of nitrogens with zero attached hydrogens (tertiary/aromatic N) is 3. The van der Waals surface area contributed by atoms with Gasteiger partial charge < -0.3 is 15.2 Å². The average Bonchev–Trinajstić information content (AvgIpc) is 3.31. The molecule has 0 spiro atoms. The number of carbonyl (C=O) groups excluding carboxylic acids is 1. The maximum atomic E-state index is 11.4. The molecule has 0 unspecified atom stereocenters. The molecule has 2 aliphatic carbocycles. The van der Waals surface area contributed by atoms with Crippen LogP contribution in [-0.4, -0.2) is 31.7 Å². The first kappa shape index (κ1) is 17.7. The molecule has 8 nitrogen and oxygen atoms in total. The van der Waals surface area contributed by atoms with Gasteiger partial charge in [0.05, 0.1) is 16.8 Å². The number of carboxylic acid groups (broad SMARTS) is 1. The molecule has 3 aliphatic rings. The number of amides is 1. The van der Waals surface area contributed by atoms with Gasteiger partial charge in [-0.05, 0) is 38.5 Å². The van der Waals surface area contributed by atoms with E-state index in [-0.39, 0.29) is 17.9 Å². The molecule has 1 amide bonds. The number of carbonyl (C=O) groups is 2. The van der Waals surface area contributed by atoms with Gasteiger partial charge in [-0.25, -0.2) is 4.98 Å². The zero-order valence-corrected chi connectivity index (χ0v) is 16.4. The third-order valence-corrected chi connectivity index (χ3v) is 6.82. The van der Waals surface area contributed by atoms with Crippen LogP contribution in [0, 0.1) is 5.92 Å². The lowest BCUT2D eigenvalue weighted by molar-refractivity contribution is -0.143. The van der Waals surface area contributed by atoms with Crippen LogP contribution in [0.25, 0.3) is 10.6 Å². The first-order valence-electron chi connectivity index (χ1n) is 9.77. The van der Waals surface area contributed by atoms with Crippen molar-refractivity contribution in [1.29, 1.82) is 0 Å². The Morgan fingerprint density at radius 2 is 1.96 bits per heavy atom. The van der Waals surface area contributed by atoms with E-state index in [2.05, 4.69) is 15.0 Å². The van der Waals surface area contributed by atoms with Crippen molar-refractivity contribution in [2.75, 3.05) is 5.32 Å². The smallest absolute Gasteiger partial charge is 0.306 e. The summed E-state index contributed by atoms with van der Waals surface area (Å²) in [4.78, 5) is 28.3. The van der Waals surface area contributed by atoms with Crippen LogP contribution in [0.2, 0.25) is 0 Å². The van der Waals surface area contributed by atoms with Crippen molar-refractivity contribution in [1.82, 2.24) is 14.8 Å². The molecule has 0 radical (unpaired) electrons. The van der Waals surface area contributed by atoms with Crippen LogP contribution in [0.4, 0.5) is 5.13 Å². The molecule has 0 aromatic carbocycles. The Bertz CT molecular complexity index is 954. The normalized spacial score (nSPS) is 23.5. The summed E-state index contributed by atoms with van der Waals surface area (Å²) in [6, 6.07) is 0.165. The molecule has 28 heavy (non-hydrogen) atoms. The van der Waals surface area contributed by atoms with Crippen LogP contribution in [0.5, 0.6) is 5.75 Å². The number of rotatable bonds is 4. The zero-order valence-electron chi connectivity index (χ0n) is 15.6. The minimum Gasteiger partial charge on any atom is -0.483 e. The highest BCUT2D eigenvalue weighted by atomic mass is 32.1. The van der Waals surface area contributed by atoms with Crippen molar-refractivity contribution in [3.8, 4) is 16.3 Å². The first-order chi connectivity index (χ1) is 13.5. The first-order valence-corrected chi connectivity index (χ1v) is 10.6. The summed E-state index contributed by atoms with van der Waals surface area (Å²) in [5.41, 5.74) is 2.80. The molecule has 9 heteroatoms. The summed E-state index contributed by atoms with van der Waals surface area (Å²) in [6.07, 6.45) is 5.18. The molecule has 1 aliphatic heterocycles. The van der Waals surface area contributed by atoms with E-state index < -0.39 is 5.97 Å². The minimum absolute atomic E-state index is 0.147. The lowest BCUT2D eigenvalue weighted by Crippen LogP contribution is -2.24. The number of carboxylic acids is 1. The SMILES string of the molecule is CC(=O)Nc1nc2c(s1)-c1c(c(C3CC3)nn1C1CCC(C(=O)O)CC1)OC2. The fraction of sp³-hybridized carbons (Fsp3) is 0.579. The predicted molar refractivity (Wildman–Crippen MR) is 103 cm³/mol. The van der Waals surface area contributed by atoms with Crippen molar-refractivity contribution in [3.05, 3.63) is 11.4 Å². The number of aromatic nitrogens is 3. The van der Waals surface area contributed by atoms with Gasteiger partial charge in [-0.1, -0.05) is 11.3 Å². The topological polar surface area (TPSA) is 106 Å². The Morgan fingerprint density at radius 3 is 2.61 bits per heavy atom. The molecular weight excluding hydrogens is 380 g/mol. The van der Waals surface area contributed by atoms with Crippen molar-refractivity contribution >= 4 is 28.3 Å². The van der Waals surface area contributed by atoms with Gasteiger partial charge in [0.25, 0.3) is 0 Å². The van der Waals surface area contributed by atoms with Gasteiger partial charge in [0, 0.05) is 12.8 Å². The maximum absolute atomic E-state index is 11.4. The molecule has 0 saturated heterocycles. The number of ether oxygens (including phenoxy) is 1. The number of fused-ring (bicyclic) bond motifs is 3. The van der Waals surface area contributed by atoms with Gasteiger partial charge in [-0.2, -0.15) is 5.10 Å². The van der Waals surface area contributed by atoms with E-state index in [1.165, 1.54) is 18.3 Å². The van der Waals surface area contributed by atoms with Crippen LogP contribution in [0.15, 0.2) is 0 Å². The molecule has 148 valence electrons. The Balaban J connectivity index is 1.53. The van der Waals surface area contributed by atoms with Crippen LogP contribution < -0.4 is 10.1 Å². The third kappa shape index (κ3) is 2.97. The minimum atomic E-state index is -0.701. The molecule has 3 heterocycles. The molecule has 2 fully saturated rings. The van der Waals surface area contributed by atoms with Crippen LogP contribution in [0.1, 0.15) is 68.8 Å². The predicted octanol–water partition coefficient (Wildman–Crippen LogP) is 3.55. The van der Waals surface area contributed by atoms with E-state index in [1.54, 1.807) is 0 Å². The Kier molecular flexibility index (Phi) is 4.15. The van der Waals surface area contributed by atoms with Crippen LogP contribution in [0.3, 0.4) is 0 Å². The number of nitrogens with one attached hydrogen (secondary N) is 1. The van der Waals surface area contributed by atoms with Crippen molar-refractivity contribution in [2.45, 2.75) is 64.0 Å². The summed E-state index contributed by atoms with van der Waals surface area (Å²) in [7, 11) is 0. The second-order valence-electron chi connectivity index (χ2n) is 7.89. The van der Waals surface area contributed by atoms with Gasteiger partial charge in [0.2, 0.25) is 5.91 Å². The molecule has 2 N–H and O–H groups in total. The lowest BCUT2D eigenvalue weighted by atomic mass is 9.86. The van der Waals surface area contributed by atoms with Crippen molar-refractivity contribution < 1.29 is 19.4 Å². The molecule has 0 bridgehead atoms. The second kappa shape index (κ2) is 6.58. The highest BCUT2D eigenvalue weighted by molar-refractivity contribution is 7.19. The van der Waals surface area contributed by atoms with Gasteiger partial charge >= 0.3 is 5.97 Å². The summed E-state index contributed by atoms with van der Waals surface area (Å²) in [6.45, 7) is 1.86. The van der Waals surface area contributed by atoms with E-state index >= 15 is 0 Å². The summed E-state index contributed by atoms with van der Waals surface area (Å²) < 4.78 is 8.15. The van der Waals surface area contributed by atoms with Crippen LogP contribution >= 0.6 is 11.3 Å². The Morgan fingerprint density at radius 1 is 1.21 bits per heavy atom. The Labute approximate surface area is 165 Å². The maximum Gasteiger partial charge on any atom is 0.306 e. The molecule has 2 aromatic heterocycles. The summed E-state index contributed by atoms with van der Waals surface area (Å²) >= 11 is 1.46. The standard InChI is InChI=1S/C19H22N4O4S/c1-9(24)20-19-21-13-8-27-16-14(10-2-3-10)22-23(15(16)17(13)28-19)12-6-4-11(5-7-12)18(25)26/h10-12H,2-8H2,1H3,(H,25,26)(H,20,21,24). The highest BCUT2D eigenvalue weighted by Gasteiger charge is 2.39. The number of hydrogen-bond acceptors (Lipinski definition) is 6. The monoisotopic (exact) mass is 402 g/mol. The molecule has 0 atom stereocenters. The van der Waals surface area contributed by atoms with Gasteiger partial charge in [-0.15, -0.1) is 0 Å². The zero-order chi connectivity index (χ0) is 19.4. The fourth-order valence-electron chi connectivity index (χ4n) is 4.22. The molecular formula is C19H22N4O4S. The average molecular weight is 402 g/mol. The lowest BCUT2D eigenvalue weighted by Gasteiger charge is -2.28. The fourth-order valence-corrected chi connectivity index (χ4v) is 5.27. The number of thiazole rings is 1. The number of hydrogen-bond donors (Lipinski definition) is 2. The van der Waals surface area contributed by atoms with E-state index in [9.17, 15) is 14.7 Å². The largest absolute Gasteiger partial charge is 0.483 e. The van der Waals surface area contributed by atoms with Crippen LogP contribution in [-0.2, 0) is 16.2 Å². The van der Waals surface area contributed by atoms with E-state index in [1.807, 2.05) is 0 Å². The van der Waals surface area contributed by atoms with Gasteiger partial charge in [0.15, 0.2) is 10.9 Å². The molecule has 5 rings (SSSR count). The van der Waals surface area contributed by atoms with Crippen molar-refractivity contribution in [2.24, 2.45) is 5.92 Å². The van der Waals surface area contributed by atoms with E-state index in [4.69, 9.17) is 9.84 Å². The number of anilines is 1. The van der Waals surface area contributed by atoms with E-state index in [0.717, 1.165) is 53.4 Å². The van der Waals surface area contributed by atoms with Gasteiger partial charge in [0.1, 0.15) is 23.7 Å². The van der Waals surface area contributed by atoms with Crippen molar-refractivity contribution in [3.63, 3.8) is 0 Å². The second-order valence-corrected chi connectivity index (χ2v) is 8.89. The van der Waals surface area contributed by atoms with Gasteiger partial charge in [-0.3, -0.25) is 14.3 Å². The quantitative estimate of drug-likeness (QED) is 0.810. The Hall–Kier alpha value is -2.42. The highest BCUT2D eigenvalue weighted by Crippen LogP contribution is 2.52.